The zero-order valence-corrected chi connectivity index (χ0v) is 22.3. The lowest BCUT2D eigenvalue weighted by molar-refractivity contribution is -0.116. The summed E-state index contributed by atoms with van der Waals surface area (Å²) in [5.41, 5.74) is 3.94. The van der Waals surface area contributed by atoms with E-state index in [1.807, 2.05) is 74.5 Å². The Bertz CT molecular complexity index is 1360. The average molecular weight is 535 g/mol. The monoisotopic (exact) mass is 534 g/mol. The van der Waals surface area contributed by atoms with Crippen LogP contribution in [0.25, 0.3) is 16.9 Å². The summed E-state index contributed by atoms with van der Waals surface area (Å²) in [7, 11) is 0. The number of hydrogen-bond donors (Lipinski definition) is 1. The van der Waals surface area contributed by atoms with Crippen LogP contribution in [-0.2, 0) is 4.79 Å². The highest BCUT2D eigenvalue weighted by Gasteiger charge is 2.21. The lowest BCUT2D eigenvalue weighted by atomic mass is 10.1. The maximum atomic E-state index is 13.3. The van der Waals surface area contributed by atoms with Crippen LogP contribution in [0.3, 0.4) is 0 Å². The van der Waals surface area contributed by atoms with Crippen LogP contribution < -0.4 is 5.32 Å². The quantitative estimate of drug-likeness (QED) is 0.250. The SMILES string of the molecule is CCCCN(CC(=O)Nc1cc(-c2ccccc2)nn1-c1ccc(C)cc1)C(=O)c1cc(Cl)cc(Cl)c1. The smallest absolute Gasteiger partial charge is 0.254 e. The molecule has 6 nitrogen and oxygen atoms in total. The number of unbranched alkanes of at least 4 members (excludes halogenated alkanes) is 1. The van der Waals surface area contributed by atoms with E-state index in [4.69, 9.17) is 28.3 Å². The van der Waals surface area contributed by atoms with Gasteiger partial charge in [-0.15, -0.1) is 0 Å². The summed E-state index contributed by atoms with van der Waals surface area (Å²) in [6.45, 7) is 4.35. The van der Waals surface area contributed by atoms with Crippen LogP contribution in [-0.4, -0.2) is 39.6 Å². The minimum atomic E-state index is -0.328. The largest absolute Gasteiger partial charge is 0.329 e. The van der Waals surface area contributed by atoms with Gasteiger partial charge in [-0.1, -0.05) is 84.6 Å². The first kappa shape index (κ1) is 26.5. The molecule has 0 aliphatic carbocycles. The molecule has 0 unspecified atom stereocenters. The molecule has 0 saturated carbocycles. The fourth-order valence-corrected chi connectivity index (χ4v) is 4.45. The molecular weight excluding hydrogens is 507 g/mol. The number of carbonyl (C=O) groups excluding carboxylic acids is 2. The van der Waals surface area contributed by atoms with Crippen molar-refractivity contribution in [3.8, 4) is 16.9 Å². The van der Waals surface area contributed by atoms with Gasteiger partial charge in [0.15, 0.2) is 0 Å². The van der Waals surface area contributed by atoms with Gasteiger partial charge in [0.1, 0.15) is 12.4 Å². The van der Waals surface area contributed by atoms with Crippen molar-refractivity contribution in [3.05, 3.63) is 100 Å². The molecule has 0 bridgehead atoms. The molecule has 1 heterocycles. The molecule has 37 heavy (non-hydrogen) atoms. The van der Waals surface area contributed by atoms with Crippen molar-refractivity contribution in [1.82, 2.24) is 14.7 Å². The zero-order valence-electron chi connectivity index (χ0n) is 20.7. The Balaban J connectivity index is 1.60. The van der Waals surface area contributed by atoms with Crippen molar-refractivity contribution in [2.45, 2.75) is 26.7 Å². The molecule has 4 aromatic rings. The van der Waals surface area contributed by atoms with Crippen LogP contribution in [0, 0.1) is 6.92 Å². The molecule has 8 heteroatoms. The highest BCUT2D eigenvalue weighted by Crippen LogP contribution is 2.25. The van der Waals surface area contributed by atoms with E-state index in [2.05, 4.69) is 5.32 Å². The van der Waals surface area contributed by atoms with Crippen LogP contribution in [0.2, 0.25) is 10.0 Å². The van der Waals surface area contributed by atoms with Crippen molar-refractivity contribution in [2.24, 2.45) is 0 Å². The van der Waals surface area contributed by atoms with Gasteiger partial charge in [-0.05, 0) is 43.7 Å². The van der Waals surface area contributed by atoms with Gasteiger partial charge in [-0.25, -0.2) is 4.68 Å². The van der Waals surface area contributed by atoms with Gasteiger partial charge < -0.3 is 10.2 Å². The van der Waals surface area contributed by atoms with E-state index in [0.29, 0.717) is 28.0 Å². The van der Waals surface area contributed by atoms with Crippen molar-refractivity contribution in [3.63, 3.8) is 0 Å². The first-order valence-electron chi connectivity index (χ1n) is 12.1. The second kappa shape index (κ2) is 12.1. The van der Waals surface area contributed by atoms with Crippen molar-refractivity contribution >= 4 is 40.8 Å². The summed E-state index contributed by atoms with van der Waals surface area (Å²) in [4.78, 5) is 28.0. The minimum Gasteiger partial charge on any atom is -0.329 e. The van der Waals surface area contributed by atoms with Gasteiger partial charge >= 0.3 is 0 Å². The number of rotatable bonds is 9. The zero-order chi connectivity index (χ0) is 26.4. The molecule has 1 aromatic heterocycles. The third-order valence-electron chi connectivity index (χ3n) is 5.84. The summed E-state index contributed by atoms with van der Waals surface area (Å²) in [6, 6.07) is 24.2. The third kappa shape index (κ3) is 6.79. The number of benzene rings is 3. The molecule has 3 aromatic carbocycles. The Morgan fingerprint density at radius 1 is 0.946 bits per heavy atom. The fourth-order valence-electron chi connectivity index (χ4n) is 3.92. The second-order valence-electron chi connectivity index (χ2n) is 8.81. The number of hydrogen-bond acceptors (Lipinski definition) is 3. The number of aromatic nitrogens is 2. The number of halogens is 2. The number of nitrogens with zero attached hydrogens (tertiary/aromatic N) is 3. The molecule has 0 atom stereocenters. The highest BCUT2D eigenvalue weighted by molar-refractivity contribution is 6.35. The lowest BCUT2D eigenvalue weighted by Crippen LogP contribution is -2.39. The normalized spacial score (nSPS) is 10.8. The molecule has 1 N–H and O–H groups in total. The lowest BCUT2D eigenvalue weighted by Gasteiger charge is -2.22. The maximum absolute atomic E-state index is 13.3. The van der Waals surface area contributed by atoms with E-state index >= 15 is 0 Å². The molecule has 4 rings (SSSR count). The molecular formula is C29H28Cl2N4O2. The fraction of sp³-hybridized carbons (Fsp3) is 0.207. The Hall–Kier alpha value is -3.61. The first-order chi connectivity index (χ1) is 17.8. The molecule has 2 amide bonds. The second-order valence-corrected chi connectivity index (χ2v) is 9.69. The van der Waals surface area contributed by atoms with E-state index < -0.39 is 0 Å². The van der Waals surface area contributed by atoms with Crippen LogP contribution in [0.15, 0.2) is 78.9 Å². The maximum Gasteiger partial charge on any atom is 0.254 e. The highest BCUT2D eigenvalue weighted by atomic mass is 35.5. The predicted molar refractivity (Wildman–Crippen MR) is 150 cm³/mol. The van der Waals surface area contributed by atoms with Gasteiger partial charge in [-0.2, -0.15) is 5.10 Å². The van der Waals surface area contributed by atoms with Crippen LogP contribution >= 0.6 is 23.2 Å². The molecule has 0 aliphatic rings. The number of carbonyl (C=O) groups is 2. The molecule has 0 saturated heterocycles. The average Bonchev–Trinajstić information content (AvgIpc) is 3.30. The topological polar surface area (TPSA) is 67.2 Å². The van der Waals surface area contributed by atoms with Gasteiger partial charge in [0, 0.05) is 33.8 Å². The number of aryl methyl sites for hydroxylation is 1. The Morgan fingerprint density at radius 2 is 1.62 bits per heavy atom. The van der Waals surface area contributed by atoms with E-state index in [1.165, 1.54) is 4.90 Å². The number of amides is 2. The number of anilines is 1. The summed E-state index contributed by atoms with van der Waals surface area (Å²) in [5.74, 6) is -0.114. The molecule has 0 spiro atoms. The summed E-state index contributed by atoms with van der Waals surface area (Å²) in [5, 5.41) is 8.46. The van der Waals surface area contributed by atoms with Crippen LogP contribution in [0.5, 0.6) is 0 Å². The Morgan fingerprint density at radius 3 is 2.27 bits per heavy atom. The number of nitrogens with one attached hydrogen (secondary N) is 1. The summed E-state index contributed by atoms with van der Waals surface area (Å²) >= 11 is 12.2. The molecule has 0 fully saturated rings. The van der Waals surface area contributed by atoms with Crippen LogP contribution in [0.4, 0.5) is 5.82 Å². The standard InChI is InChI=1S/C29H28Cl2N4O2/c1-3-4-14-34(29(37)22-15-23(30)17-24(31)16-22)19-28(36)32-27-18-26(21-8-6-5-7-9-21)33-35(27)25-12-10-20(2)11-13-25/h5-13,15-18H,3-4,14,19H2,1-2H3,(H,32,36). The Kier molecular flexibility index (Phi) is 8.64. The van der Waals surface area contributed by atoms with E-state index in [0.717, 1.165) is 35.3 Å². The van der Waals surface area contributed by atoms with Gasteiger partial charge in [-0.3, -0.25) is 9.59 Å². The Labute approximate surface area is 226 Å². The first-order valence-corrected chi connectivity index (χ1v) is 12.9. The third-order valence-corrected chi connectivity index (χ3v) is 6.27. The van der Waals surface area contributed by atoms with Crippen LogP contribution in [0.1, 0.15) is 35.7 Å². The van der Waals surface area contributed by atoms with E-state index in [-0.39, 0.29) is 18.4 Å². The van der Waals surface area contributed by atoms with Gasteiger partial charge in [0.25, 0.3) is 5.91 Å². The summed E-state index contributed by atoms with van der Waals surface area (Å²) < 4.78 is 1.70. The summed E-state index contributed by atoms with van der Waals surface area (Å²) in [6.07, 6.45) is 1.63. The van der Waals surface area contributed by atoms with Crippen molar-refractivity contribution < 1.29 is 9.59 Å². The van der Waals surface area contributed by atoms with E-state index in [9.17, 15) is 9.59 Å². The molecule has 0 radical (unpaired) electrons. The predicted octanol–water partition coefficient (Wildman–Crippen LogP) is 7.04. The van der Waals surface area contributed by atoms with Gasteiger partial charge in [0.2, 0.25) is 5.91 Å². The van der Waals surface area contributed by atoms with Crippen molar-refractivity contribution in [1.29, 1.82) is 0 Å². The minimum absolute atomic E-state index is 0.122. The molecule has 0 aliphatic heterocycles. The van der Waals surface area contributed by atoms with Crippen molar-refractivity contribution in [2.75, 3.05) is 18.4 Å². The van der Waals surface area contributed by atoms with Gasteiger partial charge in [0.05, 0.1) is 11.4 Å². The van der Waals surface area contributed by atoms with E-state index in [1.54, 1.807) is 22.9 Å². The molecule has 190 valence electrons.